The number of nitrogens with one attached hydrogen (secondary N) is 2. The van der Waals surface area contributed by atoms with Crippen LogP contribution in [0.1, 0.15) is 43.1 Å². The normalized spacial score (nSPS) is 20.7. The molecule has 0 spiro atoms. The Balaban J connectivity index is 1.18. The quantitative estimate of drug-likeness (QED) is 0.157. The number of carbonyl (C=O) groups is 2. The van der Waals surface area contributed by atoms with E-state index in [1.165, 1.54) is 11.3 Å². The zero-order valence-corrected chi connectivity index (χ0v) is 30.9. The highest BCUT2D eigenvalue weighted by Gasteiger charge is 2.42. The summed E-state index contributed by atoms with van der Waals surface area (Å²) < 4.78 is 45.4. The Hall–Kier alpha value is -4.41. The standard InChI is InChI=1S/C39H45F3N6O5S/c1-38(2,33-23-54-37(45-33)26-11-8-14-43-19-26)48-16-15-47(30(21-48)36(52)44-24-39(40,41)42)20-28(49)18-27(17-25-9-4-3-5-10-25)35(51)46-34-29-12-6-7-13-32(29)53-22-31(34)50/h3-14,19,23,27-28,30-31,34,49-50H,15-18,20-22,24H2,1-2H3,(H,44,52)(H,46,51)/t27?,28-,30-,31+,34-/m0/s1. The molecular formula is C39H45F3N6O5S. The van der Waals surface area contributed by atoms with E-state index < -0.39 is 54.4 Å². The molecule has 4 aromatic rings. The van der Waals surface area contributed by atoms with Crippen LogP contribution in [0.2, 0.25) is 0 Å². The molecule has 2 amide bonds. The van der Waals surface area contributed by atoms with Crippen LogP contribution in [-0.2, 0) is 21.5 Å². The number of piperazine rings is 1. The molecule has 54 heavy (non-hydrogen) atoms. The second kappa shape index (κ2) is 16.9. The SMILES string of the molecule is CC(C)(c1csc(-c2cccnc2)n1)N1CCN(C[C@@H](O)CC(Cc2ccccc2)C(=O)N[C@H]2c3ccccc3OC[C@H]2O)[C@H](C(=O)NCC(F)(F)F)C1. The number of β-amino-alcohol motifs (C(OH)–C–C–N with tert-alkyl or cyclic N) is 1. The van der Waals surface area contributed by atoms with Crippen LogP contribution in [-0.4, -0.2) is 106 Å². The first kappa shape index (κ1) is 39.3. The van der Waals surface area contributed by atoms with E-state index in [4.69, 9.17) is 9.72 Å². The van der Waals surface area contributed by atoms with Crippen LogP contribution in [0.25, 0.3) is 10.6 Å². The molecule has 0 radical (unpaired) electrons. The highest BCUT2D eigenvalue weighted by atomic mass is 32.1. The van der Waals surface area contributed by atoms with Crippen LogP contribution in [0.5, 0.6) is 5.75 Å². The third kappa shape index (κ3) is 9.63. The number of fused-ring (bicyclic) bond motifs is 1. The summed E-state index contributed by atoms with van der Waals surface area (Å²) in [7, 11) is 0. The number of ether oxygens (including phenoxy) is 1. The van der Waals surface area contributed by atoms with E-state index >= 15 is 0 Å². The van der Waals surface area contributed by atoms with Gasteiger partial charge in [0.1, 0.15) is 36.1 Å². The minimum atomic E-state index is -4.60. The summed E-state index contributed by atoms with van der Waals surface area (Å²) in [5, 5.41) is 30.1. The molecule has 4 N–H and O–H groups in total. The van der Waals surface area contributed by atoms with E-state index in [1.807, 2.05) is 71.9 Å². The Bertz CT molecular complexity index is 1860. The summed E-state index contributed by atoms with van der Waals surface area (Å²) in [5.74, 6) is -1.35. The monoisotopic (exact) mass is 766 g/mol. The number of aliphatic hydroxyl groups is 2. The highest BCUT2D eigenvalue weighted by Crippen LogP contribution is 2.35. The van der Waals surface area contributed by atoms with E-state index in [0.29, 0.717) is 17.9 Å². The van der Waals surface area contributed by atoms with Gasteiger partial charge in [0.15, 0.2) is 0 Å². The number of aliphatic hydroxyl groups excluding tert-OH is 2. The molecule has 2 aromatic carbocycles. The lowest BCUT2D eigenvalue weighted by molar-refractivity contribution is -0.144. The summed E-state index contributed by atoms with van der Waals surface area (Å²) in [6.07, 6.45) is -3.02. The average Bonchev–Trinajstić information content (AvgIpc) is 3.67. The van der Waals surface area contributed by atoms with Crippen LogP contribution in [0, 0.1) is 5.92 Å². The number of amides is 2. The average molecular weight is 767 g/mol. The maximum atomic E-state index is 14.0. The third-order valence-corrected chi connectivity index (χ3v) is 11.0. The minimum absolute atomic E-state index is 0.000229. The van der Waals surface area contributed by atoms with Crippen molar-refractivity contribution in [2.75, 3.05) is 39.3 Å². The van der Waals surface area contributed by atoms with Gasteiger partial charge in [0.05, 0.1) is 23.4 Å². The number of halogens is 3. The van der Waals surface area contributed by atoms with E-state index in [2.05, 4.69) is 10.3 Å². The fourth-order valence-electron chi connectivity index (χ4n) is 7.09. The van der Waals surface area contributed by atoms with Gasteiger partial charge in [-0.1, -0.05) is 48.5 Å². The first-order chi connectivity index (χ1) is 25.8. The molecule has 6 rings (SSSR count). The summed E-state index contributed by atoms with van der Waals surface area (Å²) in [6.45, 7) is 3.18. The van der Waals surface area contributed by atoms with Crippen molar-refractivity contribution < 1.29 is 37.7 Å². The van der Waals surface area contributed by atoms with Gasteiger partial charge in [-0.05, 0) is 50.5 Å². The molecule has 4 heterocycles. The summed E-state index contributed by atoms with van der Waals surface area (Å²) >= 11 is 1.46. The predicted molar refractivity (Wildman–Crippen MR) is 197 cm³/mol. The summed E-state index contributed by atoms with van der Waals surface area (Å²) in [5.41, 5.74) is 2.44. The van der Waals surface area contributed by atoms with Crippen molar-refractivity contribution >= 4 is 23.2 Å². The Morgan fingerprint density at radius 1 is 1.06 bits per heavy atom. The molecule has 2 aliphatic rings. The van der Waals surface area contributed by atoms with Gasteiger partial charge in [-0.3, -0.25) is 24.4 Å². The molecular weight excluding hydrogens is 722 g/mol. The fourth-order valence-corrected chi connectivity index (χ4v) is 8.06. The number of pyridine rings is 1. The summed E-state index contributed by atoms with van der Waals surface area (Å²) in [6, 6.07) is 18.5. The molecule has 0 bridgehead atoms. The lowest BCUT2D eigenvalue weighted by Gasteiger charge is -2.47. The number of benzene rings is 2. The maximum Gasteiger partial charge on any atom is 0.405 e. The second-order valence-electron chi connectivity index (χ2n) is 14.3. The van der Waals surface area contributed by atoms with Crippen molar-refractivity contribution in [1.29, 1.82) is 0 Å². The molecule has 288 valence electrons. The zero-order chi connectivity index (χ0) is 38.5. The van der Waals surface area contributed by atoms with Crippen LogP contribution in [0.15, 0.2) is 84.5 Å². The van der Waals surface area contributed by atoms with E-state index in [9.17, 15) is 33.0 Å². The van der Waals surface area contributed by atoms with Crippen molar-refractivity contribution in [3.8, 4) is 16.3 Å². The van der Waals surface area contributed by atoms with E-state index in [0.717, 1.165) is 21.8 Å². The van der Waals surface area contributed by atoms with Gasteiger partial charge in [0, 0.05) is 61.0 Å². The number of rotatable bonds is 13. The predicted octanol–water partition coefficient (Wildman–Crippen LogP) is 4.33. The number of alkyl halides is 3. The molecule has 1 saturated heterocycles. The highest BCUT2D eigenvalue weighted by molar-refractivity contribution is 7.13. The molecule has 5 atom stereocenters. The maximum absolute atomic E-state index is 14.0. The van der Waals surface area contributed by atoms with Crippen molar-refractivity contribution in [2.45, 2.75) is 62.7 Å². The largest absolute Gasteiger partial charge is 0.490 e. The second-order valence-corrected chi connectivity index (χ2v) is 15.2. The molecule has 1 fully saturated rings. The van der Waals surface area contributed by atoms with Gasteiger partial charge in [-0.2, -0.15) is 13.2 Å². The number of hydrogen-bond donors (Lipinski definition) is 4. The molecule has 0 aliphatic carbocycles. The number of aromatic nitrogens is 2. The minimum Gasteiger partial charge on any atom is -0.490 e. The molecule has 15 heteroatoms. The number of hydrogen-bond acceptors (Lipinski definition) is 10. The smallest absolute Gasteiger partial charge is 0.405 e. The Morgan fingerprint density at radius 2 is 1.81 bits per heavy atom. The molecule has 2 aromatic heterocycles. The van der Waals surface area contributed by atoms with Gasteiger partial charge >= 0.3 is 6.18 Å². The number of thiazole rings is 1. The van der Waals surface area contributed by atoms with Crippen LogP contribution < -0.4 is 15.4 Å². The molecule has 11 nitrogen and oxygen atoms in total. The van der Waals surface area contributed by atoms with Gasteiger partial charge < -0.3 is 25.6 Å². The zero-order valence-electron chi connectivity index (χ0n) is 30.1. The molecule has 1 unspecified atom stereocenters. The molecule has 2 aliphatic heterocycles. The van der Waals surface area contributed by atoms with Crippen molar-refractivity contribution in [1.82, 2.24) is 30.4 Å². The fraction of sp³-hybridized carbons (Fsp3) is 0.436. The number of nitrogens with zero attached hydrogens (tertiary/aromatic N) is 4. The topological polar surface area (TPSA) is 140 Å². The van der Waals surface area contributed by atoms with Gasteiger partial charge in [0.25, 0.3) is 0 Å². The van der Waals surface area contributed by atoms with Crippen LogP contribution in [0.3, 0.4) is 0 Å². The lowest BCUT2D eigenvalue weighted by atomic mass is 9.90. The van der Waals surface area contributed by atoms with E-state index in [-0.39, 0.29) is 45.0 Å². The third-order valence-electron chi connectivity index (χ3n) is 10.1. The summed E-state index contributed by atoms with van der Waals surface area (Å²) in [4.78, 5) is 40.2. The Kier molecular flexibility index (Phi) is 12.3. The van der Waals surface area contributed by atoms with Crippen LogP contribution >= 0.6 is 11.3 Å². The van der Waals surface area contributed by atoms with Gasteiger partial charge in [-0.25, -0.2) is 4.98 Å². The van der Waals surface area contributed by atoms with Crippen LogP contribution in [0.4, 0.5) is 13.2 Å². The van der Waals surface area contributed by atoms with Crippen molar-refractivity contribution in [3.05, 3.63) is 101 Å². The Labute approximate surface area is 316 Å². The molecule has 0 saturated carbocycles. The van der Waals surface area contributed by atoms with E-state index in [1.54, 1.807) is 41.6 Å². The number of carbonyl (C=O) groups excluding carboxylic acids is 2. The lowest BCUT2D eigenvalue weighted by Crippen LogP contribution is -2.63. The Morgan fingerprint density at radius 3 is 2.56 bits per heavy atom. The first-order valence-electron chi connectivity index (χ1n) is 17.9. The first-order valence-corrected chi connectivity index (χ1v) is 18.8. The van der Waals surface area contributed by atoms with Gasteiger partial charge in [0.2, 0.25) is 11.8 Å². The van der Waals surface area contributed by atoms with Crippen molar-refractivity contribution in [3.63, 3.8) is 0 Å². The number of para-hydroxylation sites is 1. The van der Waals surface area contributed by atoms with Crippen molar-refractivity contribution in [2.24, 2.45) is 5.92 Å². The van der Waals surface area contributed by atoms with Gasteiger partial charge in [-0.15, -0.1) is 11.3 Å².